The van der Waals surface area contributed by atoms with Crippen molar-refractivity contribution in [3.8, 4) is 22.9 Å². The molecule has 1 heterocycles. The smallest absolute Gasteiger partial charge is 0.229 e. The van der Waals surface area contributed by atoms with Crippen LogP contribution in [0, 0.1) is 25.2 Å². The maximum absolute atomic E-state index is 8.94. The third kappa shape index (κ3) is 4.68. The van der Waals surface area contributed by atoms with E-state index in [1.165, 1.54) is 0 Å². The first-order valence-electron chi connectivity index (χ1n) is 10.2. The molecule has 6 heteroatoms. The highest BCUT2D eigenvalue weighted by molar-refractivity contribution is 5.74. The molecule has 0 aliphatic carbocycles. The number of rotatable bonds is 6. The fourth-order valence-corrected chi connectivity index (χ4v) is 3.50. The number of aromatic nitrogens is 2. The number of nitrogens with zero attached hydrogens (tertiary/aromatic N) is 3. The molecule has 0 fully saturated rings. The molecular formula is C26H23N5O. The Morgan fingerprint density at radius 2 is 1.62 bits per heavy atom. The van der Waals surface area contributed by atoms with Crippen LogP contribution >= 0.6 is 0 Å². The van der Waals surface area contributed by atoms with Gasteiger partial charge in [0, 0.05) is 17.6 Å². The molecule has 0 aliphatic rings. The van der Waals surface area contributed by atoms with E-state index >= 15 is 0 Å². The summed E-state index contributed by atoms with van der Waals surface area (Å²) in [5, 5.41) is 15.5. The van der Waals surface area contributed by atoms with E-state index in [0.717, 1.165) is 39.4 Å². The molecule has 0 amide bonds. The lowest BCUT2D eigenvalue weighted by atomic mass is 9.98. The van der Waals surface area contributed by atoms with Crippen LogP contribution in [0.2, 0.25) is 0 Å². The van der Waals surface area contributed by atoms with Crippen molar-refractivity contribution in [3.63, 3.8) is 0 Å². The normalized spacial score (nSPS) is 10.3. The predicted octanol–water partition coefficient (Wildman–Crippen LogP) is 6.13. The van der Waals surface area contributed by atoms with Crippen LogP contribution < -0.4 is 15.4 Å². The molecule has 32 heavy (non-hydrogen) atoms. The second-order valence-corrected chi connectivity index (χ2v) is 7.42. The highest BCUT2D eigenvalue weighted by Gasteiger charge is 2.09. The van der Waals surface area contributed by atoms with Crippen LogP contribution in [-0.4, -0.2) is 17.1 Å². The van der Waals surface area contributed by atoms with Gasteiger partial charge in [-0.05, 0) is 90.7 Å². The van der Waals surface area contributed by atoms with Gasteiger partial charge in [0.15, 0.2) is 0 Å². The minimum atomic E-state index is 0.475. The lowest BCUT2D eigenvalue weighted by molar-refractivity contribution is 0.415. The zero-order valence-electron chi connectivity index (χ0n) is 18.2. The van der Waals surface area contributed by atoms with Gasteiger partial charge < -0.3 is 15.4 Å². The van der Waals surface area contributed by atoms with Gasteiger partial charge in [0.25, 0.3) is 0 Å². The van der Waals surface area contributed by atoms with Crippen LogP contribution in [0.4, 0.5) is 23.1 Å². The molecule has 1 aromatic heterocycles. The van der Waals surface area contributed by atoms with E-state index in [-0.39, 0.29) is 0 Å². The SMILES string of the molecule is COc1cccc(-c2cc(C)c(Nc3ccnc(Nc4ccc(C#N)cc4)n3)c(C)c2)c1. The Morgan fingerprint density at radius 1 is 0.875 bits per heavy atom. The van der Waals surface area contributed by atoms with Crippen LogP contribution in [0.5, 0.6) is 5.75 Å². The second-order valence-electron chi connectivity index (χ2n) is 7.42. The van der Waals surface area contributed by atoms with Gasteiger partial charge in [0.05, 0.1) is 18.7 Å². The zero-order valence-corrected chi connectivity index (χ0v) is 18.2. The van der Waals surface area contributed by atoms with E-state index in [0.29, 0.717) is 17.3 Å². The Bertz CT molecular complexity index is 1270. The number of hydrogen-bond acceptors (Lipinski definition) is 6. The molecule has 4 aromatic rings. The fraction of sp³-hybridized carbons (Fsp3) is 0.115. The molecule has 0 bridgehead atoms. The van der Waals surface area contributed by atoms with Gasteiger partial charge in [-0.25, -0.2) is 4.98 Å². The maximum atomic E-state index is 8.94. The largest absolute Gasteiger partial charge is 0.497 e. The Kier molecular flexibility index (Phi) is 6.00. The van der Waals surface area contributed by atoms with Gasteiger partial charge in [0.1, 0.15) is 11.6 Å². The molecule has 0 atom stereocenters. The number of anilines is 4. The number of ether oxygens (including phenoxy) is 1. The Labute approximate surface area is 187 Å². The molecule has 4 rings (SSSR count). The van der Waals surface area contributed by atoms with Crippen LogP contribution in [0.25, 0.3) is 11.1 Å². The number of hydrogen-bond donors (Lipinski definition) is 2. The average Bonchev–Trinajstić information content (AvgIpc) is 2.82. The lowest BCUT2D eigenvalue weighted by Gasteiger charge is -2.15. The Balaban J connectivity index is 1.56. The van der Waals surface area contributed by atoms with Crippen molar-refractivity contribution < 1.29 is 4.74 Å². The zero-order chi connectivity index (χ0) is 22.5. The number of aryl methyl sites for hydroxylation is 2. The Hall–Kier alpha value is -4.37. The summed E-state index contributed by atoms with van der Waals surface area (Å²) < 4.78 is 5.36. The standard InChI is InChI=1S/C26H23N5O/c1-17-13-21(20-5-4-6-23(15-20)32-3)14-18(2)25(17)30-24-11-12-28-26(31-24)29-22-9-7-19(16-27)8-10-22/h4-15H,1-3H3,(H2,28,29,30,31). The molecule has 0 saturated carbocycles. The second kappa shape index (κ2) is 9.19. The summed E-state index contributed by atoms with van der Waals surface area (Å²) in [5.41, 5.74) is 6.91. The van der Waals surface area contributed by atoms with Crippen molar-refractivity contribution in [1.82, 2.24) is 9.97 Å². The molecular weight excluding hydrogens is 398 g/mol. The highest BCUT2D eigenvalue weighted by atomic mass is 16.5. The summed E-state index contributed by atoms with van der Waals surface area (Å²) in [7, 11) is 1.68. The third-order valence-electron chi connectivity index (χ3n) is 5.11. The van der Waals surface area contributed by atoms with Crippen molar-refractivity contribution in [3.05, 3.63) is 89.6 Å². The van der Waals surface area contributed by atoms with E-state index in [4.69, 9.17) is 10.00 Å². The van der Waals surface area contributed by atoms with Crippen LogP contribution in [0.3, 0.4) is 0 Å². The predicted molar refractivity (Wildman–Crippen MR) is 128 cm³/mol. The van der Waals surface area contributed by atoms with Gasteiger partial charge in [-0.2, -0.15) is 10.2 Å². The average molecular weight is 422 g/mol. The van der Waals surface area contributed by atoms with Crippen LogP contribution in [0.15, 0.2) is 72.9 Å². The van der Waals surface area contributed by atoms with Crippen molar-refractivity contribution in [2.75, 3.05) is 17.7 Å². The summed E-state index contributed by atoms with van der Waals surface area (Å²) >= 11 is 0. The van der Waals surface area contributed by atoms with Crippen molar-refractivity contribution in [2.45, 2.75) is 13.8 Å². The third-order valence-corrected chi connectivity index (χ3v) is 5.11. The molecule has 2 N–H and O–H groups in total. The number of methoxy groups -OCH3 is 1. The van der Waals surface area contributed by atoms with Crippen LogP contribution in [-0.2, 0) is 0 Å². The van der Waals surface area contributed by atoms with Crippen LogP contribution in [0.1, 0.15) is 16.7 Å². The van der Waals surface area contributed by atoms with Gasteiger partial charge in [-0.3, -0.25) is 0 Å². The van der Waals surface area contributed by atoms with Crippen molar-refractivity contribution in [2.24, 2.45) is 0 Å². The first-order valence-corrected chi connectivity index (χ1v) is 10.2. The number of benzene rings is 3. The van der Waals surface area contributed by atoms with Crippen molar-refractivity contribution >= 4 is 23.1 Å². The summed E-state index contributed by atoms with van der Waals surface area (Å²) in [4.78, 5) is 8.87. The monoisotopic (exact) mass is 421 g/mol. The molecule has 0 aliphatic heterocycles. The van der Waals surface area contributed by atoms with Gasteiger partial charge >= 0.3 is 0 Å². The Morgan fingerprint density at radius 3 is 2.31 bits per heavy atom. The van der Waals surface area contributed by atoms with Gasteiger partial charge in [-0.1, -0.05) is 12.1 Å². The maximum Gasteiger partial charge on any atom is 0.229 e. The molecule has 0 unspecified atom stereocenters. The van der Waals surface area contributed by atoms with E-state index in [2.05, 4.69) is 58.7 Å². The minimum absolute atomic E-state index is 0.475. The first kappa shape index (κ1) is 20.9. The molecule has 3 aromatic carbocycles. The van der Waals surface area contributed by atoms with E-state index in [9.17, 15) is 0 Å². The summed E-state index contributed by atoms with van der Waals surface area (Å²) in [6.07, 6.45) is 1.70. The number of nitriles is 1. The first-order chi connectivity index (χ1) is 15.6. The lowest BCUT2D eigenvalue weighted by Crippen LogP contribution is -2.02. The fourth-order valence-electron chi connectivity index (χ4n) is 3.50. The quantitative estimate of drug-likeness (QED) is 0.390. The summed E-state index contributed by atoms with van der Waals surface area (Å²) in [5.74, 6) is 2.00. The minimum Gasteiger partial charge on any atom is -0.497 e. The number of nitrogens with one attached hydrogen (secondary N) is 2. The van der Waals surface area contributed by atoms with E-state index in [1.807, 2.05) is 36.4 Å². The van der Waals surface area contributed by atoms with Crippen molar-refractivity contribution in [1.29, 1.82) is 5.26 Å². The van der Waals surface area contributed by atoms with E-state index < -0.39 is 0 Å². The summed E-state index contributed by atoms with van der Waals surface area (Å²) in [6, 6.07) is 23.5. The van der Waals surface area contributed by atoms with Gasteiger partial charge in [-0.15, -0.1) is 0 Å². The van der Waals surface area contributed by atoms with E-state index in [1.54, 1.807) is 25.4 Å². The highest BCUT2D eigenvalue weighted by Crippen LogP contribution is 2.31. The topological polar surface area (TPSA) is 82.9 Å². The molecule has 6 nitrogen and oxygen atoms in total. The van der Waals surface area contributed by atoms with Gasteiger partial charge in [0.2, 0.25) is 5.95 Å². The molecule has 158 valence electrons. The summed E-state index contributed by atoms with van der Waals surface area (Å²) in [6.45, 7) is 4.16. The molecule has 0 saturated heterocycles. The molecule has 0 radical (unpaired) electrons. The molecule has 0 spiro atoms.